The number of para-hydroxylation sites is 2. The van der Waals surface area contributed by atoms with E-state index >= 15 is 0 Å². The number of hydrogen-bond donors (Lipinski definition) is 0. The van der Waals surface area contributed by atoms with Crippen molar-refractivity contribution in [1.29, 1.82) is 0 Å². The summed E-state index contributed by atoms with van der Waals surface area (Å²) in [5.41, 5.74) is 22.8. The number of rotatable bonds is 9. The molecule has 8 aromatic carbocycles. The molecule has 2 aliphatic heterocycles. The van der Waals surface area contributed by atoms with Gasteiger partial charge < -0.3 is 18.8 Å². The lowest BCUT2D eigenvalue weighted by atomic mass is 9.34. The Balaban J connectivity index is 1.15. The van der Waals surface area contributed by atoms with Crippen LogP contribution in [0.5, 0.6) is 11.5 Å². The van der Waals surface area contributed by atoms with Gasteiger partial charge in [-0.3, -0.25) is 0 Å². The molecule has 0 amide bonds. The summed E-state index contributed by atoms with van der Waals surface area (Å²) in [4.78, 5) is 2.73. The molecule has 2 aromatic heterocycles. The van der Waals surface area contributed by atoms with E-state index in [2.05, 4.69) is 257 Å². The first-order chi connectivity index (χ1) is 36.6. The first-order valence-electron chi connectivity index (χ1n) is 28.8. The van der Waals surface area contributed by atoms with E-state index in [9.17, 15) is 0 Å². The fourth-order valence-corrected chi connectivity index (χ4v) is 12.7. The van der Waals surface area contributed by atoms with Crippen LogP contribution < -0.4 is 26.0 Å². The molecule has 0 N–H and O–H groups in total. The third-order valence-electron chi connectivity index (χ3n) is 17.2. The van der Waals surface area contributed by atoms with Crippen LogP contribution in [0.25, 0.3) is 55.0 Å². The summed E-state index contributed by atoms with van der Waals surface area (Å²) in [6.45, 7) is 32.7. The molecule has 0 saturated heterocycles. The van der Waals surface area contributed by atoms with Crippen LogP contribution in [0.4, 0.5) is 17.1 Å². The standard InChI is InChI=1S/C72H78BN3O/c1-15-17-23-45-37-49(71(9,10)11)38-46(24-18-16-2)68(45)76-63-43-51(74-59-27-21-19-25-53(59)55-39-47(69(3,4)5)29-35-61(55)74)31-33-57(63)73-58-34-32-52(44-65(58)77-66-42-50(72(12,13)14)41-64(76)67(66)73)75-60-28-22-20-26-54(60)56-40-48(70(6,7)8)30-36-62(56)75/h19-22,25-44H,15-18,23-24H2,1-14H3. The molecule has 0 atom stereocenters. The molecule has 4 heterocycles. The molecule has 0 unspecified atom stereocenters. The topological polar surface area (TPSA) is 22.3 Å². The molecule has 0 radical (unpaired) electrons. The van der Waals surface area contributed by atoms with E-state index in [0.29, 0.717) is 0 Å². The highest BCUT2D eigenvalue weighted by Gasteiger charge is 2.44. The quantitative estimate of drug-likeness (QED) is 0.134. The summed E-state index contributed by atoms with van der Waals surface area (Å²) in [6, 6.07) is 56.6. The highest BCUT2D eigenvalue weighted by atomic mass is 16.5. The van der Waals surface area contributed by atoms with Crippen molar-refractivity contribution >= 4 is 83.8 Å². The lowest BCUT2D eigenvalue weighted by molar-refractivity contribution is 0.483. The van der Waals surface area contributed by atoms with E-state index < -0.39 is 0 Å². The van der Waals surface area contributed by atoms with E-state index in [1.165, 1.54) is 116 Å². The van der Waals surface area contributed by atoms with E-state index in [1.807, 2.05) is 0 Å². The molecule has 5 heteroatoms. The predicted molar refractivity (Wildman–Crippen MR) is 333 cm³/mol. The molecule has 0 aliphatic carbocycles. The second kappa shape index (κ2) is 18.3. The Morgan fingerprint density at radius 3 is 1.38 bits per heavy atom. The molecule has 10 aromatic rings. The van der Waals surface area contributed by atoms with Crippen LogP contribution in [0.1, 0.15) is 156 Å². The molecule has 4 nitrogen and oxygen atoms in total. The van der Waals surface area contributed by atoms with Gasteiger partial charge in [-0.25, -0.2) is 0 Å². The van der Waals surface area contributed by atoms with Gasteiger partial charge in [-0.05, 0) is 164 Å². The summed E-state index contributed by atoms with van der Waals surface area (Å²) in [6.07, 6.45) is 6.53. The van der Waals surface area contributed by atoms with E-state index in [4.69, 9.17) is 4.74 Å². The first kappa shape index (κ1) is 50.8. The van der Waals surface area contributed by atoms with Gasteiger partial charge in [0.25, 0.3) is 6.71 Å². The third kappa shape index (κ3) is 8.50. The summed E-state index contributed by atoms with van der Waals surface area (Å²) in [7, 11) is 0. The fourth-order valence-electron chi connectivity index (χ4n) is 12.7. The van der Waals surface area contributed by atoms with Gasteiger partial charge >= 0.3 is 0 Å². The summed E-state index contributed by atoms with van der Waals surface area (Å²) < 4.78 is 12.5. The van der Waals surface area contributed by atoms with Gasteiger partial charge in [0.15, 0.2) is 0 Å². The molecule has 77 heavy (non-hydrogen) atoms. The van der Waals surface area contributed by atoms with Gasteiger partial charge in [-0.15, -0.1) is 0 Å². The third-order valence-corrected chi connectivity index (χ3v) is 17.2. The van der Waals surface area contributed by atoms with Crippen LogP contribution in [0, 0.1) is 0 Å². The van der Waals surface area contributed by atoms with Crippen molar-refractivity contribution in [3.8, 4) is 22.9 Å². The summed E-state index contributed by atoms with van der Waals surface area (Å²) >= 11 is 0. The maximum Gasteiger partial charge on any atom is 0.256 e. The summed E-state index contributed by atoms with van der Waals surface area (Å²) in [5, 5.41) is 5.11. The number of aromatic nitrogens is 2. The number of benzene rings is 8. The lowest BCUT2D eigenvalue weighted by Crippen LogP contribution is -2.59. The summed E-state index contributed by atoms with van der Waals surface area (Å²) in [5.74, 6) is 1.86. The van der Waals surface area contributed by atoms with Crippen LogP contribution in [0.2, 0.25) is 0 Å². The lowest BCUT2D eigenvalue weighted by Gasteiger charge is -2.43. The fraction of sp³-hybridized carbons (Fsp3) is 0.333. The number of ether oxygens (including phenoxy) is 1. The number of nitrogens with zero attached hydrogens (tertiary/aromatic N) is 3. The van der Waals surface area contributed by atoms with Crippen molar-refractivity contribution in [2.45, 2.75) is 157 Å². The van der Waals surface area contributed by atoms with Crippen LogP contribution in [-0.2, 0) is 34.5 Å². The Morgan fingerprint density at radius 2 is 0.870 bits per heavy atom. The maximum atomic E-state index is 7.51. The second-order valence-electron chi connectivity index (χ2n) is 26.8. The van der Waals surface area contributed by atoms with Gasteiger partial charge in [0, 0.05) is 50.4 Å². The molecular weight excluding hydrogens is 934 g/mol. The zero-order chi connectivity index (χ0) is 54.1. The van der Waals surface area contributed by atoms with Gasteiger partial charge in [-0.2, -0.15) is 0 Å². The molecular formula is C72H78BN3O. The predicted octanol–water partition coefficient (Wildman–Crippen LogP) is 18.2. The van der Waals surface area contributed by atoms with E-state index in [1.54, 1.807) is 0 Å². The van der Waals surface area contributed by atoms with Crippen LogP contribution in [-0.4, -0.2) is 15.8 Å². The Hall–Kier alpha value is -6.98. The Labute approximate surface area is 459 Å². The number of fused-ring (bicyclic) bond motifs is 10. The highest BCUT2D eigenvalue weighted by molar-refractivity contribution is 6.99. The van der Waals surface area contributed by atoms with Crippen LogP contribution in [0.3, 0.4) is 0 Å². The molecule has 390 valence electrons. The van der Waals surface area contributed by atoms with Crippen molar-refractivity contribution < 1.29 is 4.74 Å². The number of hydrogen-bond acceptors (Lipinski definition) is 2. The van der Waals surface area contributed by atoms with Crippen LogP contribution in [0.15, 0.2) is 146 Å². The number of unbranched alkanes of at least 4 members (excludes halogenated alkanes) is 2. The molecule has 0 saturated carbocycles. The Morgan fingerprint density at radius 1 is 0.403 bits per heavy atom. The van der Waals surface area contributed by atoms with Crippen molar-refractivity contribution in [3.63, 3.8) is 0 Å². The SMILES string of the molecule is CCCCc1cc(C(C)(C)C)cc(CCCC)c1N1c2cc(-n3c4ccccc4c4cc(C(C)(C)C)ccc43)ccc2B2c3ccc(-n4c5ccccc5c5cc(C(C)(C)C)ccc54)cc3Oc3cc(C(C)(C)C)cc1c32. The minimum absolute atomic E-state index is 0.00175. The average Bonchev–Trinajstić information content (AvgIpc) is 3.94. The minimum atomic E-state index is -0.157. The monoisotopic (exact) mass is 1010 g/mol. The Kier molecular flexibility index (Phi) is 12.1. The molecule has 0 fully saturated rings. The zero-order valence-electron chi connectivity index (χ0n) is 48.4. The molecule has 12 rings (SSSR count). The molecule has 2 aliphatic rings. The van der Waals surface area contributed by atoms with E-state index in [-0.39, 0.29) is 28.4 Å². The first-order valence-corrected chi connectivity index (χ1v) is 28.8. The van der Waals surface area contributed by atoms with Crippen molar-refractivity contribution in [1.82, 2.24) is 9.13 Å². The maximum absolute atomic E-state index is 7.51. The Bertz CT molecular complexity index is 3960. The largest absolute Gasteiger partial charge is 0.458 e. The van der Waals surface area contributed by atoms with Crippen molar-refractivity contribution in [3.05, 3.63) is 179 Å². The van der Waals surface area contributed by atoms with Gasteiger partial charge in [0.1, 0.15) is 11.5 Å². The molecule has 0 spiro atoms. The van der Waals surface area contributed by atoms with Crippen molar-refractivity contribution in [2.24, 2.45) is 0 Å². The van der Waals surface area contributed by atoms with Crippen molar-refractivity contribution in [2.75, 3.05) is 4.90 Å². The van der Waals surface area contributed by atoms with Gasteiger partial charge in [0.05, 0.1) is 27.8 Å². The minimum Gasteiger partial charge on any atom is -0.458 e. The van der Waals surface area contributed by atoms with Gasteiger partial charge in [-0.1, -0.05) is 183 Å². The molecule has 0 bridgehead atoms. The normalized spacial score (nSPS) is 13.7. The smallest absolute Gasteiger partial charge is 0.256 e. The highest BCUT2D eigenvalue weighted by Crippen LogP contribution is 2.49. The van der Waals surface area contributed by atoms with E-state index in [0.717, 1.165) is 55.7 Å². The average molecular weight is 1010 g/mol. The van der Waals surface area contributed by atoms with Gasteiger partial charge in [0.2, 0.25) is 0 Å². The number of anilines is 3. The number of aryl methyl sites for hydroxylation is 2. The zero-order valence-corrected chi connectivity index (χ0v) is 48.4. The second-order valence-corrected chi connectivity index (χ2v) is 26.8. The van der Waals surface area contributed by atoms with Crippen LogP contribution >= 0.6 is 0 Å².